The van der Waals surface area contributed by atoms with Crippen LogP contribution in [0.4, 0.5) is 5.69 Å². The topological polar surface area (TPSA) is 70.8 Å². The maximum atomic E-state index is 11.6. The fourth-order valence-corrected chi connectivity index (χ4v) is 1.51. The fourth-order valence-electron chi connectivity index (χ4n) is 1.51. The zero-order valence-corrected chi connectivity index (χ0v) is 12.6. The van der Waals surface area contributed by atoms with E-state index in [9.17, 15) is 4.79 Å². The second kappa shape index (κ2) is 7.14. The van der Waals surface area contributed by atoms with Crippen LogP contribution in [0.2, 0.25) is 0 Å². The average molecular weight is 281 g/mol. The van der Waals surface area contributed by atoms with Gasteiger partial charge in [-0.25, -0.2) is 4.79 Å². The van der Waals surface area contributed by atoms with E-state index in [-0.39, 0.29) is 11.6 Å². The largest absolute Gasteiger partial charge is 0.491 e. The smallest absolute Gasteiger partial charge is 0.338 e. The molecule has 0 aliphatic rings. The number of hydrogen-bond acceptors (Lipinski definition) is 5. The molecule has 1 aromatic carbocycles. The van der Waals surface area contributed by atoms with Crippen LogP contribution in [-0.2, 0) is 9.47 Å². The Morgan fingerprint density at radius 3 is 2.65 bits per heavy atom. The molecular weight excluding hydrogens is 258 g/mol. The van der Waals surface area contributed by atoms with E-state index in [1.807, 2.05) is 13.8 Å². The van der Waals surface area contributed by atoms with Gasteiger partial charge in [-0.3, -0.25) is 0 Å². The van der Waals surface area contributed by atoms with Crippen molar-refractivity contribution >= 4 is 11.7 Å². The predicted octanol–water partition coefficient (Wildman–Crippen LogP) is 2.64. The first-order valence-corrected chi connectivity index (χ1v) is 6.64. The standard InChI is InChI=1S/C15H23NO4/c1-5-19-14(17)11-6-7-12(16)13(10-11)20-9-8-15(2,3)18-4/h6-7,10H,5,8-9,16H2,1-4H3. The molecule has 0 unspecified atom stereocenters. The van der Waals surface area contributed by atoms with Gasteiger partial charge in [-0.15, -0.1) is 0 Å². The van der Waals surface area contributed by atoms with Crippen molar-refractivity contribution in [2.75, 3.05) is 26.1 Å². The molecule has 0 aliphatic carbocycles. The van der Waals surface area contributed by atoms with Crippen LogP contribution in [0.5, 0.6) is 5.75 Å². The Labute approximate surface area is 120 Å². The highest BCUT2D eigenvalue weighted by atomic mass is 16.5. The molecule has 0 saturated heterocycles. The van der Waals surface area contributed by atoms with Crippen LogP contribution < -0.4 is 10.5 Å². The van der Waals surface area contributed by atoms with Crippen molar-refractivity contribution in [3.63, 3.8) is 0 Å². The number of anilines is 1. The summed E-state index contributed by atoms with van der Waals surface area (Å²) in [4.78, 5) is 11.6. The van der Waals surface area contributed by atoms with E-state index in [0.717, 1.165) is 0 Å². The van der Waals surface area contributed by atoms with Gasteiger partial charge in [0.15, 0.2) is 0 Å². The van der Waals surface area contributed by atoms with Crippen LogP contribution in [0.1, 0.15) is 37.6 Å². The molecule has 0 bridgehead atoms. The number of nitrogen functional groups attached to an aromatic ring is 1. The Bertz CT molecular complexity index is 457. The van der Waals surface area contributed by atoms with Gasteiger partial charge in [-0.05, 0) is 39.0 Å². The summed E-state index contributed by atoms with van der Waals surface area (Å²) < 4.78 is 15.9. The van der Waals surface area contributed by atoms with Crippen LogP contribution in [0.15, 0.2) is 18.2 Å². The molecule has 0 radical (unpaired) electrons. The Morgan fingerprint density at radius 1 is 1.35 bits per heavy atom. The lowest BCUT2D eigenvalue weighted by Crippen LogP contribution is -2.25. The van der Waals surface area contributed by atoms with E-state index in [2.05, 4.69) is 0 Å². The molecule has 5 heteroatoms. The van der Waals surface area contributed by atoms with Crippen LogP contribution >= 0.6 is 0 Å². The number of carbonyl (C=O) groups is 1. The number of carbonyl (C=O) groups excluding carboxylic acids is 1. The third-order valence-electron chi connectivity index (χ3n) is 3.04. The molecule has 0 heterocycles. The Kier molecular flexibility index (Phi) is 5.82. The van der Waals surface area contributed by atoms with Gasteiger partial charge in [0.1, 0.15) is 5.75 Å². The monoisotopic (exact) mass is 281 g/mol. The third kappa shape index (κ3) is 4.74. The number of ether oxygens (including phenoxy) is 3. The second-order valence-corrected chi connectivity index (χ2v) is 5.04. The van der Waals surface area contributed by atoms with Crippen LogP contribution in [0.3, 0.4) is 0 Å². The summed E-state index contributed by atoms with van der Waals surface area (Å²) >= 11 is 0. The van der Waals surface area contributed by atoms with Crippen molar-refractivity contribution in [2.24, 2.45) is 0 Å². The Balaban J connectivity index is 2.70. The zero-order chi connectivity index (χ0) is 15.2. The molecule has 1 aromatic rings. The van der Waals surface area contributed by atoms with Crippen molar-refractivity contribution < 1.29 is 19.0 Å². The maximum absolute atomic E-state index is 11.6. The summed E-state index contributed by atoms with van der Waals surface area (Å²) in [5.74, 6) is 0.108. The molecule has 0 aliphatic heterocycles. The average Bonchev–Trinajstić information content (AvgIpc) is 2.41. The molecule has 0 atom stereocenters. The zero-order valence-electron chi connectivity index (χ0n) is 12.6. The number of methoxy groups -OCH3 is 1. The van der Waals surface area contributed by atoms with Gasteiger partial charge < -0.3 is 19.9 Å². The predicted molar refractivity (Wildman–Crippen MR) is 78.0 cm³/mol. The van der Waals surface area contributed by atoms with Crippen LogP contribution in [0, 0.1) is 0 Å². The fraction of sp³-hybridized carbons (Fsp3) is 0.533. The van der Waals surface area contributed by atoms with Gasteiger partial charge in [0, 0.05) is 13.5 Å². The number of benzene rings is 1. The van der Waals surface area contributed by atoms with Gasteiger partial charge in [0.05, 0.1) is 30.1 Å². The van der Waals surface area contributed by atoms with E-state index in [0.29, 0.717) is 36.6 Å². The van der Waals surface area contributed by atoms with Gasteiger partial charge >= 0.3 is 5.97 Å². The van der Waals surface area contributed by atoms with Crippen molar-refractivity contribution in [1.82, 2.24) is 0 Å². The third-order valence-corrected chi connectivity index (χ3v) is 3.04. The van der Waals surface area contributed by atoms with E-state index in [1.54, 1.807) is 32.2 Å². The van der Waals surface area contributed by atoms with E-state index < -0.39 is 0 Å². The molecule has 112 valence electrons. The molecule has 0 fully saturated rings. The minimum Gasteiger partial charge on any atom is -0.491 e. The van der Waals surface area contributed by atoms with Gasteiger partial charge in [-0.1, -0.05) is 0 Å². The summed E-state index contributed by atoms with van der Waals surface area (Å²) in [6.45, 7) is 6.52. The SMILES string of the molecule is CCOC(=O)c1ccc(N)c(OCCC(C)(C)OC)c1. The molecule has 20 heavy (non-hydrogen) atoms. The minimum atomic E-state index is -0.380. The highest BCUT2D eigenvalue weighted by Crippen LogP contribution is 2.24. The molecule has 0 amide bonds. The normalized spacial score (nSPS) is 11.2. The van der Waals surface area contributed by atoms with Gasteiger partial charge in [0.25, 0.3) is 0 Å². The molecule has 0 aromatic heterocycles. The van der Waals surface area contributed by atoms with Crippen molar-refractivity contribution in [2.45, 2.75) is 32.8 Å². The molecule has 1 rings (SSSR count). The summed E-state index contributed by atoms with van der Waals surface area (Å²) in [5, 5.41) is 0. The second-order valence-electron chi connectivity index (χ2n) is 5.04. The Hall–Kier alpha value is -1.75. The van der Waals surface area contributed by atoms with Crippen LogP contribution in [-0.4, -0.2) is 31.9 Å². The van der Waals surface area contributed by atoms with Crippen LogP contribution in [0.25, 0.3) is 0 Å². The minimum absolute atomic E-state index is 0.256. The van der Waals surface area contributed by atoms with E-state index >= 15 is 0 Å². The summed E-state index contributed by atoms with van der Waals surface area (Å²) in [6, 6.07) is 4.87. The van der Waals surface area contributed by atoms with Crippen molar-refractivity contribution in [3.05, 3.63) is 23.8 Å². The number of esters is 1. The summed E-state index contributed by atoms with van der Waals surface area (Å²) in [7, 11) is 1.66. The number of nitrogens with two attached hydrogens (primary N) is 1. The summed E-state index contributed by atoms with van der Waals surface area (Å²) in [6.07, 6.45) is 0.715. The summed E-state index contributed by atoms with van der Waals surface area (Å²) in [5.41, 5.74) is 6.51. The number of hydrogen-bond donors (Lipinski definition) is 1. The lowest BCUT2D eigenvalue weighted by Gasteiger charge is -2.22. The first-order chi connectivity index (χ1) is 9.39. The molecule has 0 saturated carbocycles. The first kappa shape index (κ1) is 16.3. The lowest BCUT2D eigenvalue weighted by atomic mass is 10.1. The van der Waals surface area contributed by atoms with Crippen molar-refractivity contribution in [1.29, 1.82) is 0 Å². The quantitative estimate of drug-likeness (QED) is 0.614. The molecule has 2 N–H and O–H groups in total. The first-order valence-electron chi connectivity index (χ1n) is 6.64. The lowest BCUT2D eigenvalue weighted by molar-refractivity contribution is 0.00548. The Morgan fingerprint density at radius 2 is 2.05 bits per heavy atom. The number of rotatable bonds is 7. The van der Waals surface area contributed by atoms with E-state index in [4.69, 9.17) is 19.9 Å². The highest BCUT2D eigenvalue weighted by Gasteiger charge is 2.17. The van der Waals surface area contributed by atoms with Gasteiger partial charge in [0.2, 0.25) is 0 Å². The molecular formula is C15H23NO4. The highest BCUT2D eigenvalue weighted by molar-refractivity contribution is 5.90. The van der Waals surface area contributed by atoms with E-state index in [1.165, 1.54) is 0 Å². The molecule has 5 nitrogen and oxygen atoms in total. The maximum Gasteiger partial charge on any atom is 0.338 e. The molecule has 0 spiro atoms. The van der Waals surface area contributed by atoms with Gasteiger partial charge in [-0.2, -0.15) is 0 Å². The van der Waals surface area contributed by atoms with Crippen molar-refractivity contribution in [3.8, 4) is 5.75 Å².